The molecule has 1 saturated carbocycles. The summed E-state index contributed by atoms with van der Waals surface area (Å²) in [5.41, 5.74) is 2.67. The standard InChI is InChI=1S/C21H30N2O4/c1-15(2)21(3,20(25)27-18-6-4-5-7-18)22-14-17-10-8-16(9-11-17)12-13-19(24)23-26/h8-13,15,18,22,26H,4-7,14H2,1-3H3,(H,23,24)/b13-12+/t21-/m0/s1. The molecule has 0 radical (unpaired) electrons. The molecule has 2 rings (SSSR count). The molecule has 0 aromatic heterocycles. The topological polar surface area (TPSA) is 87.7 Å². The van der Waals surface area contributed by atoms with Crippen LogP contribution in [0.2, 0.25) is 0 Å². The molecule has 0 bridgehead atoms. The highest BCUT2D eigenvalue weighted by Crippen LogP contribution is 2.26. The smallest absolute Gasteiger partial charge is 0.326 e. The lowest BCUT2D eigenvalue weighted by atomic mass is 9.88. The maximum Gasteiger partial charge on any atom is 0.326 e. The fourth-order valence-electron chi connectivity index (χ4n) is 3.03. The Kier molecular flexibility index (Phi) is 7.56. The van der Waals surface area contributed by atoms with E-state index in [2.05, 4.69) is 5.32 Å². The zero-order valence-electron chi connectivity index (χ0n) is 16.3. The number of ether oxygens (including phenoxy) is 1. The molecule has 6 nitrogen and oxygen atoms in total. The second-order valence-corrected chi connectivity index (χ2v) is 7.57. The van der Waals surface area contributed by atoms with Crippen molar-refractivity contribution in [1.29, 1.82) is 0 Å². The first-order valence-electron chi connectivity index (χ1n) is 9.52. The molecule has 1 fully saturated rings. The van der Waals surface area contributed by atoms with Crippen molar-refractivity contribution in [3.8, 4) is 0 Å². The van der Waals surface area contributed by atoms with Crippen molar-refractivity contribution in [3.63, 3.8) is 0 Å². The number of benzene rings is 1. The Bertz CT molecular complexity index is 663. The number of nitrogens with one attached hydrogen (secondary N) is 2. The minimum atomic E-state index is -0.750. The molecule has 6 heteroatoms. The number of hydrogen-bond acceptors (Lipinski definition) is 5. The summed E-state index contributed by atoms with van der Waals surface area (Å²) < 4.78 is 5.74. The van der Waals surface area contributed by atoms with Crippen molar-refractivity contribution < 1.29 is 19.5 Å². The summed E-state index contributed by atoms with van der Waals surface area (Å²) in [5, 5.41) is 11.9. The van der Waals surface area contributed by atoms with Gasteiger partial charge in [0.2, 0.25) is 0 Å². The fourth-order valence-corrected chi connectivity index (χ4v) is 3.03. The van der Waals surface area contributed by atoms with Gasteiger partial charge in [-0.15, -0.1) is 0 Å². The van der Waals surface area contributed by atoms with Gasteiger partial charge in [-0.25, -0.2) is 5.48 Å². The Hall–Kier alpha value is -2.18. The first kappa shape index (κ1) is 21.1. The molecule has 148 valence electrons. The molecule has 0 saturated heterocycles. The van der Waals surface area contributed by atoms with Crippen LogP contribution in [0.5, 0.6) is 0 Å². The van der Waals surface area contributed by atoms with Gasteiger partial charge in [0.25, 0.3) is 5.91 Å². The summed E-state index contributed by atoms with van der Waals surface area (Å²) in [4.78, 5) is 23.8. The Morgan fingerprint density at radius 1 is 1.26 bits per heavy atom. The monoisotopic (exact) mass is 374 g/mol. The van der Waals surface area contributed by atoms with Gasteiger partial charge in [-0.05, 0) is 55.7 Å². The highest BCUT2D eigenvalue weighted by molar-refractivity contribution is 5.90. The number of carbonyl (C=O) groups is 2. The number of amides is 1. The number of hydroxylamine groups is 1. The molecule has 0 spiro atoms. The number of hydrogen-bond donors (Lipinski definition) is 3. The summed E-state index contributed by atoms with van der Waals surface area (Å²) in [6, 6.07) is 7.63. The van der Waals surface area contributed by atoms with Crippen LogP contribution in [-0.4, -0.2) is 28.7 Å². The highest BCUT2D eigenvalue weighted by Gasteiger charge is 2.39. The molecule has 0 heterocycles. The van der Waals surface area contributed by atoms with E-state index in [1.807, 2.05) is 45.0 Å². The molecule has 1 atom stereocenters. The molecule has 0 unspecified atom stereocenters. The average molecular weight is 374 g/mol. The van der Waals surface area contributed by atoms with Crippen LogP contribution in [0.1, 0.15) is 57.6 Å². The lowest BCUT2D eigenvalue weighted by molar-refractivity contribution is -0.158. The van der Waals surface area contributed by atoms with E-state index in [0.717, 1.165) is 36.8 Å². The van der Waals surface area contributed by atoms with Gasteiger partial charge in [0.15, 0.2) is 0 Å². The molecule has 1 aliphatic rings. The summed E-state index contributed by atoms with van der Waals surface area (Å²) in [6.45, 7) is 6.47. The first-order valence-corrected chi connectivity index (χ1v) is 9.52. The van der Waals surface area contributed by atoms with E-state index in [1.54, 1.807) is 11.6 Å². The van der Waals surface area contributed by atoms with Gasteiger partial charge in [-0.2, -0.15) is 0 Å². The van der Waals surface area contributed by atoms with E-state index < -0.39 is 11.4 Å². The minimum Gasteiger partial charge on any atom is -0.461 e. The van der Waals surface area contributed by atoms with Gasteiger partial charge >= 0.3 is 5.97 Å². The van der Waals surface area contributed by atoms with Crippen LogP contribution in [-0.2, 0) is 20.9 Å². The molecule has 0 aliphatic heterocycles. The lowest BCUT2D eigenvalue weighted by Crippen LogP contribution is -2.54. The third-order valence-electron chi connectivity index (χ3n) is 5.33. The van der Waals surface area contributed by atoms with Gasteiger partial charge in [-0.1, -0.05) is 38.1 Å². The molecule has 1 amide bonds. The zero-order valence-corrected chi connectivity index (χ0v) is 16.3. The van der Waals surface area contributed by atoms with Gasteiger partial charge in [0.1, 0.15) is 11.6 Å². The largest absolute Gasteiger partial charge is 0.461 e. The molecule has 1 aromatic carbocycles. The van der Waals surface area contributed by atoms with Gasteiger partial charge in [0, 0.05) is 12.6 Å². The predicted octanol–water partition coefficient (Wildman–Crippen LogP) is 3.20. The van der Waals surface area contributed by atoms with Crippen LogP contribution >= 0.6 is 0 Å². The molecule has 3 N–H and O–H groups in total. The molecular weight excluding hydrogens is 344 g/mol. The number of esters is 1. The van der Waals surface area contributed by atoms with Crippen LogP contribution in [0, 0.1) is 5.92 Å². The van der Waals surface area contributed by atoms with Gasteiger partial charge < -0.3 is 4.74 Å². The van der Waals surface area contributed by atoms with E-state index in [-0.39, 0.29) is 18.0 Å². The second-order valence-electron chi connectivity index (χ2n) is 7.57. The third-order valence-corrected chi connectivity index (χ3v) is 5.33. The number of carbonyl (C=O) groups excluding carboxylic acids is 2. The van der Waals surface area contributed by atoms with Crippen molar-refractivity contribution in [2.75, 3.05) is 0 Å². The average Bonchev–Trinajstić information content (AvgIpc) is 3.17. The summed E-state index contributed by atoms with van der Waals surface area (Å²) in [5.74, 6) is -0.668. The summed E-state index contributed by atoms with van der Waals surface area (Å²) in [6.07, 6.45) is 7.10. The van der Waals surface area contributed by atoms with Crippen LogP contribution < -0.4 is 10.8 Å². The highest BCUT2D eigenvalue weighted by atomic mass is 16.5. The van der Waals surface area contributed by atoms with Crippen molar-refractivity contribution >= 4 is 18.0 Å². The Morgan fingerprint density at radius 3 is 2.44 bits per heavy atom. The third kappa shape index (κ3) is 5.91. The fraction of sp³-hybridized carbons (Fsp3) is 0.524. The summed E-state index contributed by atoms with van der Waals surface area (Å²) in [7, 11) is 0. The van der Waals surface area contributed by atoms with E-state index in [4.69, 9.17) is 9.94 Å². The SMILES string of the molecule is CC(C)[C@](C)(NCc1ccc(/C=C/C(=O)NO)cc1)C(=O)OC1CCCC1. The Labute approximate surface area is 160 Å². The second kappa shape index (κ2) is 9.67. The van der Waals surface area contributed by atoms with E-state index in [9.17, 15) is 9.59 Å². The Balaban J connectivity index is 1.97. The maximum absolute atomic E-state index is 12.8. The maximum atomic E-state index is 12.8. The van der Waals surface area contributed by atoms with Crippen molar-refractivity contribution in [2.24, 2.45) is 5.92 Å². The Morgan fingerprint density at radius 2 is 1.89 bits per heavy atom. The van der Waals surface area contributed by atoms with Crippen LogP contribution in [0.15, 0.2) is 30.3 Å². The van der Waals surface area contributed by atoms with E-state index in [1.165, 1.54) is 6.08 Å². The van der Waals surface area contributed by atoms with Crippen LogP contribution in [0.4, 0.5) is 0 Å². The predicted molar refractivity (Wildman–Crippen MR) is 104 cm³/mol. The van der Waals surface area contributed by atoms with Crippen molar-refractivity contribution in [2.45, 2.75) is 64.6 Å². The molecular formula is C21H30N2O4. The minimum absolute atomic E-state index is 0.0552. The van der Waals surface area contributed by atoms with Crippen LogP contribution in [0.3, 0.4) is 0 Å². The normalized spacial score (nSPS) is 17.2. The van der Waals surface area contributed by atoms with E-state index in [0.29, 0.717) is 6.54 Å². The van der Waals surface area contributed by atoms with Crippen molar-refractivity contribution in [1.82, 2.24) is 10.8 Å². The van der Waals surface area contributed by atoms with Gasteiger partial charge in [-0.3, -0.25) is 20.1 Å². The quantitative estimate of drug-likeness (QED) is 0.281. The lowest BCUT2D eigenvalue weighted by Gasteiger charge is -2.33. The molecule has 1 aliphatic carbocycles. The van der Waals surface area contributed by atoms with Crippen molar-refractivity contribution in [3.05, 3.63) is 41.5 Å². The molecule has 27 heavy (non-hydrogen) atoms. The zero-order chi connectivity index (χ0) is 19.9. The molecule has 1 aromatic rings. The first-order chi connectivity index (χ1) is 12.8. The van der Waals surface area contributed by atoms with Crippen LogP contribution in [0.25, 0.3) is 6.08 Å². The summed E-state index contributed by atoms with van der Waals surface area (Å²) >= 11 is 0. The van der Waals surface area contributed by atoms with E-state index >= 15 is 0 Å². The number of rotatable bonds is 8. The van der Waals surface area contributed by atoms with Gasteiger partial charge in [0.05, 0.1) is 0 Å².